The summed E-state index contributed by atoms with van der Waals surface area (Å²) in [5, 5.41) is 11.3. The molecule has 4 aromatic rings. The number of nitrogens with zero attached hydrogens (tertiary/aromatic N) is 3. The van der Waals surface area contributed by atoms with Crippen LogP contribution in [-0.4, -0.2) is 46.2 Å². The van der Waals surface area contributed by atoms with E-state index in [0.717, 1.165) is 47.8 Å². The molecule has 8 nitrogen and oxygen atoms in total. The molecule has 3 atom stereocenters. The summed E-state index contributed by atoms with van der Waals surface area (Å²) in [5.41, 5.74) is 2.98. The molecule has 0 bridgehead atoms. The molecule has 3 N–H and O–H groups in total. The van der Waals surface area contributed by atoms with Gasteiger partial charge < -0.3 is 20.7 Å². The normalized spacial score (nSPS) is 20.6. The highest BCUT2D eigenvalue weighted by Gasteiger charge is 2.43. The van der Waals surface area contributed by atoms with E-state index < -0.39 is 12.1 Å². The minimum absolute atomic E-state index is 0.282. The Kier molecular flexibility index (Phi) is 6.59. The van der Waals surface area contributed by atoms with Crippen molar-refractivity contribution in [1.82, 2.24) is 20.3 Å². The standard InChI is InChI=1S/C29H29FN6O2/c1-17-9-10-19-20(6-2-8-24(19)35-27(37)22-15-23(22)30)26(17)38-28-21(7-4-13-32-28)25-11-14-33-29(36-25)34-18-5-3-12-31-16-18/h2,4,6-11,13-14,18,22-23,31H,3,5,12,15-16H2,1H3,(H,35,37)(H,33,34,36)/t18?,22-,23+/m1/s1. The Balaban J connectivity index is 1.31. The zero-order chi connectivity index (χ0) is 26.1. The molecule has 1 aliphatic heterocycles. The van der Waals surface area contributed by atoms with Gasteiger partial charge in [0, 0.05) is 41.4 Å². The molecule has 194 valence electrons. The molecule has 2 aliphatic rings. The van der Waals surface area contributed by atoms with Crippen LogP contribution in [0.2, 0.25) is 0 Å². The maximum atomic E-state index is 13.4. The Morgan fingerprint density at radius 2 is 1.97 bits per heavy atom. The molecular formula is C29H29FN6O2. The molecule has 0 spiro atoms. The first-order valence-electron chi connectivity index (χ1n) is 13.0. The molecule has 2 aromatic heterocycles. The van der Waals surface area contributed by atoms with Gasteiger partial charge in [-0.3, -0.25) is 4.79 Å². The van der Waals surface area contributed by atoms with Gasteiger partial charge in [0.05, 0.1) is 17.2 Å². The van der Waals surface area contributed by atoms with Crippen LogP contribution in [0.15, 0.2) is 60.9 Å². The zero-order valence-electron chi connectivity index (χ0n) is 21.1. The number of aromatic nitrogens is 3. The number of pyridine rings is 1. The fourth-order valence-corrected chi connectivity index (χ4v) is 4.84. The summed E-state index contributed by atoms with van der Waals surface area (Å²) in [4.78, 5) is 26.1. The second-order valence-corrected chi connectivity index (χ2v) is 9.87. The second-order valence-electron chi connectivity index (χ2n) is 9.87. The Hall–Kier alpha value is -4.11. The van der Waals surface area contributed by atoms with Crippen LogP contribution >= 0.6 is 0 Å². The van der Waals surface area contributed by atoms with Crippen LogP contribution in [-0.2, 0) is 4.79 Å². The minimum atomic E-state index is -1.05. The summed E-state index contributed by atoms with van der Waals surface area (Å²) in [6.45, 7) is 3.88. The van der Waals surface area contributed by atoms with E-state index in [9.17, 15) is 9.18 Å². The third-order valence-electron chi connectivity index (χ3n) is 7.05. The van der Waals surface area contributed by atoms with Crippen LogP contribution in [0.1, 0.15) is 24.8 Å². The Labute approximate surface area is 220 Å². The number of nitrogens with one attached hydrogen (secondary N) is 3. The molecule has 1 amide bonds. The number of amides is 1. The molecule has 0 radical (unpaired) electrons. The maximum absolute atomic E-state index is 13.4. The number of rotatable bonds is 7. The SMILES string of the molecule is Cc1ccc2c(NC(=O)[C@@H]3C[C@@H]3F)cccc2c1Oc1ncccc1-c1ccnc(NC2CCCNC2)n1. The van der Waals surface area contributed by atoms with E-state index in [1.807, 2.05) is 55.5 Å². The molecule has 1 saturated carbocycles. The van der Waals surface area contributed by atoms with Crippen LogP contribution in [0.25, 0.3) is 22.0 Å². The van der Waals surface area contributed by atoms with Gasteiger partial charge in [0.15, 0.2) is 0 Å². The topological polar surface area (TPSA) is 101 Å². The van der Waals surface area contributed by atoms with E-state index in [2.05, 4.69) is 25.9 Å². The average Bonchev–Trinajstić information content (AvgIpc) is 3.68. The number of alkyl halides is 1. The molecule has 1 aliphatic carbocycles. The lowest BCUT2D eigenvalue weighted by atomic mass is 10.0. The highest BCUT2D eigenvalue weighted by atomic mass is 19.1. The first-order valence-corrected chi connectivity index (χ1v) is 13.0. The van der Waals surface area contributed by atoms with Crippen molar-refractivity contribution in [1.29, 1.82) is 0 Å². The molecule has 2 aromatic carbocycles. The largest absolute Gasteiger partial charge is 0.437 e. The van der Waals surface area contributed by atoms with Gasteiger partial charge in [-0.2, -0.15) is 0 Å². The quantitative estimate of drug-likeness (QED) is 0.311. The van der Waals surface area contributed by atoms with Crippen LogP contribution in [0.4, 0.5) is 16.0 Å². The van der Waals surface area contributed by atoms with Crippen molar-refractivity contribution in [3.8, 4) is 22.9 Å². The first-order chi connectivity index (χ1) is 18.6. The van der Waals surface area contributed by atoms with Gasteiger partial charge in [0.1, 0.15) is 11.9 Å². The molecule has 1 unspecified atom stereocenters. The smallest absolute Gasteiger partial charge is 0.230 e. The van der Waals surface area contributed by atoms with E-state index in [0.29, 0.717) is 29.0 Å². The zero-order valence-corrected chi connectivity index (χ0v) is 21.1. The summed E-state index contributed by atoms with van der Waals surface area (Å²) in [5.74, 6) is 0.758. The van der Waals surface area contributed by atoms with Crippen LogP contribution in [0.5, 0.6) is 11.6 Å². The fourth-order valence-electron chi connectivity index (χ4n) is 4.84. The maximum Gasteiger partial charge on any atom is 0.230 e. The van der Waals surface area contributed by atoms with Crippen molar-refractivity contribution in [2.45, 2.75) is 38.4 Å². The number of piperidine rings is 1. The number of hydrogen-bond acceptors (Lipinski definition) is 7. The summed E-state index contributed by atoms with van der Waals surface area (Å²) < 4.78 is 19.9. The lowest BCUT2D eigenvalue weighted by Gasteiger charge is -2.23. The number of anilines is 2. The first kappa shape index (κ1) is 24.2. The third-order valence-corrected chi connectivity index (χ3v) is 7.05. The molecule has 2 fully saturated rings. The van der Waals surface area contributed by atoms with E-state index in [1.165, 1.54) is 0 Å². The molecule has 6 rings (SSSR count). The predicted molar refractivity (Wildman–Crippen MR) is 145 cm³/mol. The van der Waals surface area contributed by atoms with Crippen LogP contribution in [0.3, 0.4) is 0 Å². The van der Waals surface area contributed by atoms with E-state index >= 15 is 0 Å². The second kappa shape index (κ2) is 10.3. The van der Waals surface area contributed by atoms with Gasteiger partial charge in [-0.15, -0.1) is 0 Å². The fraction of sp³-hybridized carbons (Fsp3) is 0.310. The average molecular weight is 513 g/mol. The monoisotopic (exact) mass is 512 g/mol. The van der Waals surface area contributed by atoms with Gasteiger partial charge in [-0.1, -0.05) is 24.3 Å². The molecular weight excluding hydrogens is 483 g/mol. The highest BCUT2D eigenvalue weighted by Crippen LogP contribution is 2.40. The summed E-state index contributed by atoms with van der Waals surface area (Å²) >= 11 is 0. The Morgan fingerprint density at radius 3 is 2.79 bits per heavy atom. The van der Waals surface area contributed by atoms with Gasteiger partial charge in [0.2, 0.25) is 17.7 Å². The van der Waals surface area contributed by atoms with E-state index in [-0.39, 0.29) is 18.4 Å². The number of fused-ring (bicyclic) bond motifs is 1. The van der Waals surface area contributed by atoms with Crippen molar-refractivity contribution in [2.24, 2.45) is 5.92 Å². The number of carbonyl (C=O) groups excluding carboxylic acids is 1. The Morgan fingerprint density at radius 1 is 1.08 bits per heavy atom. The number of hydrogen-bond donors (Lipinski definition) is 3. The molecule has 9 heteroatoms. The molecule has 38 heavy (non-hydrogen) atoms. The van der Waals surface area contributed by atoms with E-state index in [1.54, 1.807) is 12.4 Å². The molecule has 1 saturated heterocycles. The van der Waals surface area contributed by atoms with Crippen LogP contribution < -0.4 is 20.7 Å². The highest BCUT2D eigenvalue weighted by molar-refractivity contribution is 6.05. The summed E-state index contributed by atoms with van der Waals surface area (Å²) in [6, 6.07) is 15.4. The van der Waals surface area contributed by atoms with Crippen molar-refractivity contribution in [3.05, 3.63) is 66.5 Å². The van der Waals surface area contributed by atoms with Gasteiger partial charge in [-0.05, 0) is 62.6 Å². The van der Waals surface area contributed by atoms with Gasteiger partial charge >= 0.3 is 0 Å². The van der Waals surface area contributed by atoms with Crippen molar-refractivity contribution >= 4 is 28.3 Å². The van der Waals surface area contributed by atoms with E-state index in [4.69, 9.17) is 9.72 Å². The van der Waals surface area contributed by atoms with Gasteiger partial charge in [0.25, 0.3) is 0 Å². The number of aryl methyl sites for hydroxylation is 1. The number of halogens is 1. The number of carbonyl (C=O) groups is 1. The minimum Gasteiger partial charge on any atom is -0.437 e. The predicted octanol–water partition coefficient (Wildman–Crippen LogP) is 5.25. The van der Waals surface area contributed by atoms with Crippen molar-refractivity contribution in [2.75, 3.05) is 23.7 Å². The number of benzene rings is 2. The third kappa shape index (κ3) is 5.02. The lowest BCUT2D eigenvalue weighted by Crippen LogP contribution is -2.38. The summed E-state index contributed by atoms with van der Waals surface area (Å²) in [6.07, 6.45) is 4.83. The Bertz CT molecular complexity index is 1490. The van der Waals surface area contributed by atoms with Gasteiger partial charge in [-0.25, -0.2) is 19.3 Å². The summed E-state index contributed by atoms with van der Waals surface area (Å²) in [7, 11) is 0. The molecule has 3 heterocycles. The van der Waals surface area contributed by atoms with Crippen LogP contribution in [0, 0.1) is 12.8 Å². The van der Waals surface area contributed by atoms with Crippen molar-refractivity contribution in [3.63, 3.8) is 0 Å². The lowest BCUT2D eigenvalue weighted by molar-refractivity contribution is -0.117. The number of ether oxygens (including phenoxy) is 1. The van der Waals surface area contributed by atoms with Crippen molar-refractivity contribution < 1.29 is 13.9 Å².